The van der Waals surface area contributed by atoms with Gasteiger partial charge < -0.3 is 15.2 Å². The first-order chi connectivity index (χ1) is 12.4. The van der Waals surface area contributed by atoms with Gasteiger partial charge in [-0.2, -0.15) is 0 Å². The summed E-state index contributed by atoms with van der Waals surface area (Å²) in [5.74, 6) is -1.05. The average Bonchev–Trinajstić information content (AvgIpc) is 2.59. The van der Waals surface area contributed by atoms with E-state index in [1.807, 2.05) is 0 Å². The molecule has 7 heteroatoms. The Labute approximate surface area is 161 Å². The number of ether oxygens (including phenoxy) is 1. The van der Waals surface area contributed by atoms with Crippen LogP contribution in [-0.4, -0.2) is 29.6 Å². The Bertz CT molecular complexity index is 785. The van der Waals surface area contributed by atoms with Crippen molar-refractivity contribution < 1.29 is 19.4 Å². The average molecular weight is 394 g/mol. The number of rotatable bonds is 8. The summed E-state index contributed by atoms with van der Waals surface area (Å²) >= 11 is 11.8. The maximum absolute atomic E-state index is 12.3. The summed E-state index contributed by atoms with van der Waals surface area (Å²) < 4.78 is 5.38. The lowest BCUT2D eigenvalue weighted by molar-refractivity contribution is -0.139. The number of carbonyl (C=O) groups is 2. The standard InChI is InChI=1S/C19H17Cl2NO4/c1-2-7-26-16-5-3-12(4-6-16)8-17(19(24)25)22-18(23)13-9-14(20)11-15(21)10-13/h2-6,9-11,17H,1,7-8H2,(H,22,23)(H,24,25). The zero-order valence-corrected chi connectivity index (χ0v) is 15.3. The van der Waals surface area contributed by atoms with E-state index >= 15 is 0 Å². The van der Waals surface area contributed by atoms with E-state index in [2.05, 4.69) is 11.9 Å². The molecule has 0 saturated carbocycles. The van der Waals surface area contributed by atoms with Crippen LogP contribution in [0.2, 0.25) is 10.0 Å². The van der Waals surface area contributed by atoms with Gasteiger partial charge in [0, 0.05) is 22.0 Å². The van der Waals surface area contributed by atoms with Crippen molar-refractivity contribution in [3.8, 4) is 5.75 Å². The van der Waals surface area contributed by atoms with E-state index in [-0.39, 0.29) is 12.0 Å². The molecule has 2 aromatic carbocycles. The molecule has 1 unspecified atom stereocenters. The van der Waals surface area contributed by atoms with Crippen molar-refractivity contribution in [2.75, 3.05) is 6.61 Å². The topological polar surface area (TPSA) is 75.6 Å². The number of halogens is 2. The Kier molecular flexibility index (Phi) is 7.06. The highest BCUT2D eigenvalue weighted by Gasteiger charge is 2.21. The first-order valence-corrected chi connectivity index (χ1v) is 8.47. The van der Waals surface area contributed by atoms with Crippen LogP contribution in [0.3, 0.4) is 0 Å². The van der Waals surface area contributed by atoms with Crippen LogP contribution < -0.4 is 10.1 Å². The molecule has 0 spiro atoms. The number of carboxylic acid groups (broad SMARTS) is 1. The van der Waals surface area contributed by atoms with Gasteiger partial charge in [0.1, 0.15) is 18.4 Å². The summed E-state index contributed by atoms with van der Waals surface area (Å²) in [6, 6.07) is 10.2. The fourth-order valence-electron chi connectivity index (χ4n) is 2.24. The van der Waals surface area contributed by atoms with Crippen LogP contribution in [0.4, 0.5) is 0 Å². The van der Waals surface area contributed by atoms with E-state index in [9.17, 15) is 14.7 Å². The third-order valence-electron chi connectivity index (χ3n) is 3.46. The predicted octanol–water partition coefficient (Wildman–Crippen LogP) is 3.98. The minimum atomic E-state index is -1.14. The van der Waals surface area contributed by atoms with Crippen LogP contribution in [0.5, 0.6) is 5.75 Å². The van der Waals surface area contributed by atoms with E-state index in [4.69, 9.17) is 27.9 Å². The summed E-state index contributed by atoms with van der Waals surface area (Å²) in [6.07, 6.45) is 1.75. The third-order valence-corrected chi connectivity index (χ3v) is 3.90. The molecule has 0 saturated heterocycles. The SMILES string of the molecule is C=CCOc1ccc(CC(NC(=O)c2cc(Cl)cc(Cl)c2)C(=O)O)cc1. The molecule has 0 bridgehead atoms. The van der Waals surface area contributed by atoms with Crippen molar-refractivity contribution in [1.29, 1.82) is 0 Å². The molecule has 0 fully saturated rings. The molecule has 0 radical (unpaired) electrons. The zero-order valence-electron chi connectivity index (χ0n) is 13.7. The number of hydrogen-bond acceptors (Lipinski definition) is 3. The lowest BCUT2D eigenvalue weighted by atomic mass is 10.1. The van der Waals surface area contributed by atoms with Crippen molar-refractivity contribution in [3.05, 3.63) is 76.3 Å². The number of carbonyl (C=O) groups excluding carboxylic acids is 1. The second kappa shape index (κ2) is 9.27. The molecule has 2 aromatic rings. The molecule has 2 N–H and O–H groups in total. The van der Waals surface area contributed by atoms with Crippen molar-refractivity contribution in [2.45, 2.75) is 12.5 Å². The molecule has 2 rings (SSSR count). The number of carboxylic acids is 1. The quantitative estimate of drug-likeness (QED) is 0.664. The number of aliphatic carboxylic acids is 1. The van der Waals surface area contributed by atoms with E-state index in [0.717, 1.165) is 5.56 Å². The number of amides is 1. The summed E-state index contributed by atoms with van der Waals surface area (Å²) in [5.41, 5.74) is 0.940. The fourth-order valence-corrected chi connectivity index (χ4v) is 2.77. The van der Waals surface area contributed by atoms with Gasteiger partial charge in [-0.1, -0.05) is 48.0 Å². The van der Waals surface area contributed by atoms with E-state index in [1.165, 1.54) is 18.2 Å². The number of benzene rings is 2. The molecule has 26 heavy (non-hydrogen) atoms. The molecule has 5 nitrogen and oxygen atoms in total. The minimum Gasteiger partial charge on any atom is -0.490 e. The van der Waals surface area contributed by atoms with Crippen LogP contribution in [0.1, 0.15) is 15.9 Å². The van der Waals surface area contributed by atoms with Gasteiger partial charge in [0.15, 0.2) is 0 Å². The molecule has 1 atom stereocenters. The summed E-state index contributed by atoms with van der Waals surface area (Å²) in [6.45, 7) is 3.95. The molecular weight excluding hydrogens is 377 g/mol. The lowest BCUT2D eigenvalue weighted by Crippen LogP contribution is -2.42. The largest absolute Gasteiger partial charge is 0.490 e. The fraction of sp³-hybridized carbons (Fsp3) is 0.158. The molecule has 0 heterocycles. The first-order valence-electron chi connectivity index (χ1n) is 7.71. The summed E-state index contributed by atoms with van der Waals surface area (Å²) in [7, 11) is 0. The van der Waals surface area contributed by atoms with Crippen LogP contribution in [0, 0.1) is 0 Å². The highest BCUT2D eigenvalue weighted by Crippen LogP contribution is 2.19. The normalized spacial score (nSPS) is 11.5. The summed E-state index contributed by atoms with van der Waals surface area (Å²) in [4.78, 5) is 23.8. The van der Waals surface area contributed by atoms with E-state index < -0.39 is 17.9 Å². The highest BCUT2D eigenvalue weighted by molar-refractivity contribution is 6.35. The van der Waals surface area contributed by atoms with Gasteiger partial charge in [0.05, 0.1) is 0 Å². The number of hydrogen-bond donors (Lipinski definition) is 2. The van der Waals surface area contributed by atoms with Gasteiger partial charge in [-0.3, -0.25) is 4.79 Å². The van der Waals surface area contributed by atoms with E-state index in [1.54, 1.807) is 30.3 Å². The second-order valence-corrected chi connectivity index (χ2v) is 6.34. The first kappa shape index (κ1) is 19.8. The molecule has 0 aliphatic carbocycles. The Morgan fingerprint density at radius 1 is 1.15 bits per heavy atom. The molecule has 0 aromatic heterocycles. The Hall–Kier alpha value is -2.50. The Morgan fingerprint density at radius 3 is 2.31 bits per heavy atom. The van der Waals surface area contributed by atoms with Gasteiger partial charge in [-0.25, -0.2) is 4.79 Å². The smallest absolute Gasteiger partial charge is 0.326 e. The maximum atomic E-state index is 12.3. The van der Waals surface area contributed by atoms with Crippen molar-refractivity contribution >= 4 is 35.1 Å². The Morgan fingerprint density at radius 2 is 1.77 bits per heavy atom. The van der Waals surface area contributed by atoms with Gasteiger partial charge in [0.2, 0.25) is 0 Å². The van der Waals surface area contributed by atoms with Crippen molar-refractivity contribution in [1.82, 2.24) is 5.32 Å². The molecule has 0 aliphatic heterocycles. The summed E-state index contributed by atoms with van der Waals surface area (Å²) in [5, 5.41) is 12.5. The third kappa shape index (κ3) is 5.79. The van der Waals surface area contributed by atoms with Crippen molar-refractivity contribution in [3.63, 3.8) is 0 Å². The maximum Gasteiger partial charge on any atom is 0.326 e. The Balaban J connectivity index is 2.07. The molecule has 0 aliphatic rings. The van der Waals surface area contributed by atoms with Crippen LogP contribution in [0.25, 0.3) is 0 Å². The van der Waals surface area contributed by atoms with Crippen LogP contribution >= 0.6 is 23.2 Å². The predicted molar refractivity (Wildman–Crippen MR) is 101 cm³/mol. The van der Waals surface area contributed by atoms with Gasteiger partial charge in [-0.05, 0) is 35.9 Å². The van der Waals surface area contributed by atoms with Gasteiger partial charge in [-0.15, -0.1) is 0 Å². The lowest BCUT2D eigenvalue weighted by Gasteiger charge is -2.15. The minimum absolute atomic E-state index is 0.122. The van der Waals surface area contributed by atoms with Gasteiger partial charge >= 0.3 is 5.97 Å². The highest BCUT2D eigenvalue weighted by atomic mass is 35.5. The zero-order chi connectivity index (χ0) is 19.1. The van der Waals surface area contributed by atoms with Crippen molar-refractivity contribution in [2.24, 2.45) is 0 Å². The van der Waals surface area contributed by atoms with E-state index in [0.29, 0.717) is 22.4 Å². The van der Waals surface area contributed by atoms with Gasteiger partial charge in [0.25, 0.3) is 5.91 Å². The molecular formula is C19H17Cl2NO4. The van der Waals surface area contributed by atoms with Crippen LogP contribution in [-0.2, 0) is 11.2 Å². The number of nitrogens with one attached hydrogen (secondary N) is 1. The van der Waals surface area contributed by atoms with Crippen LogP contribution in [0.15, 0.2) is 55.1 Å². The molecule has 1 amide bonds. The monoisotopic (exact) mass is 393 g/mol. The molecule has 136 valence electrons. The second-order valence-electron chi connectivity index (χ2n) is 5.47.